The Balaban J connectivity index is 1.90. The lowest BCUT2D eigenvalue weighted by Gasteiger charge is -2.64. The Hall–Kier alpha value is -2.49. The smallest absolute Gasteiger partial charge is 0.338 e. The molecule has 192 valence electrons. The molecule has 8 atom stereocenters. The molecule has 2 N–H and O–H groups in total. The highest BCUT2D eigenvalue weighted by molar-refractivity contribution is 5.89. The van der Waals surface area contributed by atoms with Crippen molar-refractivity contribution >= 4 is 17.9 Å². The van der Waals surface area contributed by atoms with Gasteiger partial charge in [0, 0.05) is 26.2 Å². The molecule has 35 heavy (non-hydrogen) atoms. The van der Waals surface area contributed by atoms with Crippen molar-refractivity contribution in [3.05, 3.63) is 35.9 Å². The van der Waals surface area contributed by atoms with Gasteiger partial charge in [-0.25, -0.2) is 4.79 Å². The van der Waals surface area contributed by atoms with E-state index in [2.05, 4.69) is 0 Å². The number of hydrogen-bond donors (Lipinski definition) is 2. The molecule has 2 aliphatic carbocycles. The van der Waals surface area contributed by atoms with Gasteiger partial charge in [0.2, 0.25) is 0 Å². The lowest BCUT2D eigenvalue weighted by atomic mass is 9.47. The van der Waals surface area contributed by atoms with E-state index in [4.69, 9.17) is 18.9 Å². The third kappa shape index (κ3) is 3.75. The standard InChI is InChI=1S/C26H34O9/c1-14(27)32-18-13-24(5,31)26-12-17(23(3,4)35-26)19(33-15(2)28)21(25(26,6)20(18)29)34-22(30)16-10-8-7-9-11-16/h7-11,17-21,29,31H,12-13H2,1-6H3. The maximum atomic E-state index is 13.2. The van der Waals surface area contributed by atoms with Crippen LogP contribution < -0.4 is 0 Å². The van der Waals surface area contributed by atoms with Crippen LogP contribution in [0.5, 0.6) is 0 Å². The van der Waals surface area contributed by atoms with Crippen LogP contribution in [-0.2, 0) is 28.5 Å². The fourth-order valence-electron chi connectivity index (χ4n) is 6.72. The molecule has 8 unspecified atom stereocenters. The first-order valence-corrected chi connectivity index (χ1v) is 11.9. The largest absolute Gasteiger partial charge is 0.460 e. The average molecular weight is 491 g/mol. The SMILES string of the molecule is CC(=O)OC1CC(C)(O)C23CC(C(OC(C)=O)C(OC(=O)c4ccccc4)C2(C)C1O)C(C)(C)O3. The van der Waals surface area contributed by atoms with E-state index in [0.717, 1.165) is 0 Å². The second-order valence-electron chi connectivity index (χ2n) is 11.0. The first kappa shape index (κ1) is 25.6. The van der Waals surface area contributed by atoms with E-state index in [1.54, 1.807) is 44.2 Å². The molecule has 0 amide bonds. The van der Waals surface area contributed by atoms with Crippen molar-refractivity contribution in [1.82, 2.24) is 0 Å². The van der Waals surface area contributed by atoms with Crippen molar-refractivity contribution in [2.45, 2.75) is 95.6 Å². The molecule has 1 heterocycles. The van der Waals surface area contributed by atoms with E-state index < -0.39 is 70.5 Å². The van der Waals surface area contributed by atoms with Crippen molar-refractivity contribution in [2.75, 3.05) is 0 Å². The van der Waals surface area contributed by atoms with Gasteiger partial charge in [-0.1, -0.05) is 25.1 Å². The van der Waals surface area contributed by atoms with Crippen LogP contribution in [0.2, 0.25) is 0 Å². The Morgan fingerprint density at radius 1 is 0.943 bits per heavy atom. The van der Waals surface area contributed by atoms with Crippen LogP contribution in [0.1, 0.15) is 64.7 Å². The molecule has 2 bridgehead atoms. The molecule has 1 spiro atoms. The topological polar surface area (TPSA) is 129 Å². The van der Waals surface area contributed by atoms with Crippen LogP contribution in [0.3, 0.4) is 0 Å². The van der Waals surface area contributed by atoms with Gasteiger partial charge in [-0.05, 0) is 39.3 Å². The minimum atomic E-state index is -1.58. The number of benzene rings is 1. The number of aliphatic hydroxyl groups excluding tert-OH is 1. The minimum Gasteiger partial charge on any atom is -0.460 e. The number of aliphatic hydroxyl groups is 2. The van der Waals surface area contributed by atoms with Gasteiger partial charge in [0.15, 0.2) is 6.10 Å². The van der Waals surface area contributed by atoms with Gasteiger partial charge < -0.3 is 29.2 Å². The lowest BCUT2D eigenvalue weighted by Crippen LogP contribution is -2.79. The van der Waals surface area contributed by atoms with Crippen LogP contribution in [0.25, 0.3) is 0 Å². The summed E-state index contributed by atoms with van der Waals surface area (Å²) in [6.07, 6.45) is -4.52. The molecule has 9 heteroatoms. The number of fused-ring (bicyclic) bond motifs is 1. The maximum absolute atomic E-state index is 13.2. The second-order valence-corrected chi connectivity index (χ2v) is 11.0. The van der Waals surface area contributed by atoms with Gasteiger partial charge in [0.1, 0.15) is 23.9 Å². The molecular weight excluding hydrogens is 456 g/mol. The molecule has 3 fully saturated rings. The fraction of sp³-hybridized carbons (Fsp3) is 0.654. The number of carbonyl (C=O) groups excluding carboxylic acids is 3. The van der Waals surface area contributed by atoms with Crippen LogP contribution in [0, 0.1) is 11.3 Å². The molecule has 1 aliphatic heterocycles. The predicted octanol–water partition coefficient (Wildman–Crippen LogP) is 2.16. The van der Waals surface area contributed by atoms with Crippen molar-refractivity contribution in [1.29, 1.82) is 0 Å². The molecule has 2 saturated carbocycles. The summed E-state index contributed by atoms with van der Waals surface area (Å²) >= 11 is 0. The summed E-state index contributed by atoms with van der Waals surface area (Å²) in [5.74, 6) is -2.33. The molecule has 0 aromatic heterocycles. The molecular formula is C26H34O9. The Bertz CT molecular complexity index is 1020. The number of rotatable bonds is 4. The first-order chi connectivity index (χ1) is 16.2. The third-order valence-electron chi connectivity index (χ3n) is 8.29. The Labute approximate surface area is 204 Å². The molecule has 0 radical (unpaired) electrons. The molecule has 9 nitrogen and oxygen atoms in total. The van der Waals surface area contributed by atoms with Gasteiger partial charge >= 0.3 is 17.9 Å². The summed E-state index contributed by atoms with van der Waals surface area (Å²) in [6.45, 7) is 9.34. The van der Waals surface area contributed by atoms with Crippen molar-refractivity contribution in [3.8, 4) is 0 Å². The zero-order valence-corrected chi connectivity index (χ0v) is 20.9. The maximum Gasteiger partial charge on any atom is 0.338 e. The van der Waals surface area contributed by atoms with Crippen LogP contribution in [-0.4, -0.2) is 69.3 Å². The zero-order valence-electron chi connectivity index (χ0n) is 20.9. The van der Waals surface area contributed by atoms with Crippen molar-refractivity contribution in [2.24, 2.45) is 11.3 Å². The van der Waals surface area contributed by atoms with Gasteiger partial charge in [-0.3, -0.25) is 9.59 Å². The summed E-state index contributed by atoms with van der Waals surface area (Å²) in [4.78, 5) is 37.3. The number of carbonyl (C=O) groups is 3. The Morgan fingerprint density at radius 2 is 1.54 bits per heavy atom. The Morgan fingerprint density at radius 3 is 2.11 bits per heavy atom. The quantitative estimate of drug-likeness (QED) is 0.482. The average Bonchev–Trinajstić information content (AvgIpc) is 3.03. The highest BCUT2D eigenvalue weighted by Crippen LogP contribution is 2.68. The van der Waals surface area contributed by atoms with E-state index in [1.807, 2.05) is 13.8 Å². The zero-order chi connectivity index (χ0) is 26.0. The summed E-state index contributed by atoms with van der Waals surface area (Å²) in [5.41, 5.74) is -5.09. The molecule has 4 rings (SSSR count). The van der Waals surface area contributed by atoms with Gasteiger partial charge in [-0.15, -0.1) is 0 Å². The summed E-state index contributed by atoms with van der Waals surface area (Å²) in [6, 6.07) is 8.33. The fourth-order valence-corrected chi connectivity index (χ4v) is 6.72. The van der Waals surface area contributed by atoms with Crippen molar-refractivity contribution in [3.63, 3.8) is 0 Å². The third-order valence-corrected chi connectivity index (χ3v) is 8.29. The summed E-state index contributed by atoms with van der Waals surface area (Å²) in [7, 11) is 0. The van der Waals surface area contributed by atoms with E-state index >= 15 is 0 Å². The van der Waals surface area contributed by atoms with Crippen molar-refractivity contribution < 1.29 is 43.5 Å². The van der Waals surface area contributed by atoms with Gasteiger partial charge in [0.05, 0.1) is 22.2 Å². The van der Waals surface area contributed by atoms with Crippen LogP contribution in [0.15, 0.2) is 30.3 Å². The molecule has 1 aromatic carbocycles. The monoisotopic (exact) mass is 490 g/mol. The second kappa shape index (κ2) is 8.28. The highest BCUT2D eigenvalue weighted by Gasteiger charge is 2.81. The minimum absolute atomic E-state index is 0.0796. The molecule has 1 saturated heterocycles. The van der Waals surface area contributed by atoms with E-state index in [9.17, 15) is 24.6 Å². The van der Waals surface area contributed by atoms with Gasteiger partial charge in [-0.2, -0.15) is 0 Å². The van der Waals surface area contributed by atoms with E-state index in [1.165, 1.54) is 13.8 Å². The summed E-state index contributed by atoms with van der Waals surface area (Å²) in [5, 5.41) is 23.5. The first-order valence-electron chi connectivity index (χ1n) is 11.9. The van der Waals surface area contributed by atoms with E-state index in [-0.39, 0.29) is 18.4 Å². The lowest BCUT2D eigenvalue weighted by molar-refractivity contribution is -0.329. The number of hydrogen-bond acceptors (Lipinski definition) is 9. The highest BCUT2D eigenvalue weighted by atomic mass is 16.6. The van der Waals surface area contributed by atoms with Crippen LogP contribution >= 0.6 is 0 Å². The van der Waals surface area contributed by atoms with Crippen LogP contribution in [0.4, 0.5) is 0 Å². The number of ether oxygens (including phenoxy) is 4. The molecule has 3 aliphatic rings. The predicted molar refractivity (Wildman–Crippen MR) is 122 cm³/mol. The molecule has 1 aromatic rings. The normalized spacial score (nSPS) is 41.4. The Kier molecular flexibility index (Phi) is 6.06. The number of esters is 3. The van der Waals surface area contributed by atoms with Gasteiger partial charge in [0.25, 0.3) is 0 Å². The summed E-state index contributed by atoms with van der Waals surface area (Å²) < 4.78 is 23.8. The van der Waals surface area contributed by atoms with E-state index in [0.29, 0.717) is 0 Å².